The summed E-state index contributed by atoms with van der Waals surface area (Å²) in [5.74, 6) is 0. The largest absolute Gasteiger partial charge is 0.408 e. The molecule has 0 saturated carbocycles. The highest BCUT2D eigenvalue weighted by molar-refractivity contribution is 6.74. The highest BCUT2D eigenvalue weighted by Gasteiger charge is 2.51. The van der Waals surface area contributed by atoms with E-state index < -0.39 is 44.1 Å². The molecule has 0 radical (unpaired) electrons. The van der Waals surface area contributed by atoms with Gasteiger partial charge in [0, 0.05) is 19.4 Å². The molecule has 1 aliphatic heterocycles. The molecule has 2 heterocycles. The van der Waals surface area contributed by atoms with E-state index in [1.54, 1.807) is 0 Å². The standard InChI is InChI=1S/C16H26N2O6Si/c1-16(2,3)25(5,6)24-12-10(9-19)23-14(13(12)22-4)18-8-7-11(20)17-15(18)21/h7-10,12-14H,1-6H3,(H,17,20,21)/t10-,12-,13+,14-/m1/s1. The van der Waals surface area contributed by atoms with Crippen LogP contribution in [-0.4, -0.2) is 49.6 Å². The lowest BCUT2D eigenvalue weighted by Gasteiger charge is -2.39. The van der Waals surface area contributed by atoms with E-state index >= 15 is 0 Å². The maximum absolute atomic E-state index is 12.1. The number of ether oxygens (including phenoxy) is 2. The first-order valence-electron chi connectivity index (χ1n) is 8.14. The van der Waals surface area contributed by atoms with Crippen molar-refractivity contribution in [2.24, 2.45) is 0 Å². The lowest BCUT2D eigenvalue weighted by molar-refractivity contribution is -0.122. The number of aldehydes is 1. The van der Waals surface area contributed by atoms with Crippen LogP contribution in [-0.2, 0) is 18.7 Å². The lowest BCUT2D eigenvalue weighted by Crippen LogP contribution is -2.50. The van der Waals surface area contributed by atoms with Crippen molar-refractivity contribution >= 4 is 14.6 Å². The summed E-state index contributed by atoms with van der Waals surface area (Å²) in [5, 5.41) is -0.0639. The Kier molecular flexibility index (Phi) is 5.52. The molecule has 8 nitrogen and oxygen atoms in total. The van der Waals surface area contributed by atoms with Crippen LogP contribution in [0.3, 0.4) is 0 Å². The second kappa shape index (κ2) is 6.98. The third-order valence-corrected chi connectivity index (χ3v) is 9.47. The number of nitrogens with one attached hydrogen (secondary N) is 1. The maximum atomic E-state index is 12.1. The topological polar surface area (TPSA) is 99.6 Å². The van der Waals surface area contributed by atoms with Crippen LogP contribution in [0.4, 0.5) is 0 Å². The fraction of sp³-hybridized carbons (Fsp3) is 0.688. The Morgan fingerprint density at radius 3 is 2.40 bits per heavy atom. The molecule has 0 amide bonds. The molecule has 9 heteroatoms. The number of nitrogens with zero attached hydrogens (tertiary/aromatic N) is 1. The molecule has 0 bridgehead atoms. The van der Waals surface area contributed by atoms with Gasteiger partial charge in [-0.1, -0.05) is 20.8 Å². The SMILES string of the molecule is CO[C@H]1[C@H](O[Si](C)(C)C(C)(C)C)[C@@H](C=O)O[C@H]1n1ccc(=O)[nH]c1=O. The molecule has 1 N–H and O–H groups in total. The number of carbonyl (C=O) groups excluding carboxylic acids is 1. The van der Waals surface area contributed by atoms with E-state index in [0.29, 0.717) is 6.29 Å². The van der Waals surface area contributed by atoms with E-state index in [-0.39, 0.29) is 5.04 Å². The molecular weight excluding hydrogens is 344 g/mol. The number of carbonyl (C=O) groups is 1. The molecule has 1 aliphatic rings. The van der Waals surface area contributed by atoms with Crippen LogP contribution >= 0.6 is 0 Å². The molecule has 0 unspecified atom stereocenters. The minimum Gasteiger partial charge on any atom is -0.408 e. The van der Waals surface area contributed by atoms with Gasteiger partial charge in [0.1, 0.15) is 18.3 Å². The fourth-order valence-electron chi connectivity index (χ4n) is 2.53. The van der Waals surface area contributed by atoms with Crippen LogP contribution in [0.2, 0.25) is 18.1 Å². The number of aromatic amines is 1. The molecule has 1 saturated heterocycles. The first kappa shape index (κ1) is 19.8. The first-order chi connectivity index (χ1) is 11.5. The normalized spacial score (nSPS) is 27.4. The summed E-state index contributed by atoms with van der Waals surface area (Å²) < 4.78 is 18.8. The molecule has 1 fully saturated rings. The van der Waals surface area contributed by atoms with Gasteiger partial charge in [0.25, 0.3) is 5.56 Å². The van der Waals surface area contributed by atoms with Crippen LogP contribution in [0, 0.1) is 0 Å². The average molecular weight is 370 g/mol. The predicted octanol–water partition coefficient (Wildman–Crippen LogP) is 1.04. The van der Waals surface area contributed by atoms with E-state index in [9.17, 15) is 14.4 Å². The quantitative estimate of drug-likeness (QED) is 0.614. The van der Waals surface area contributed by atoms with Crippen molar-refractivity contribution in [2.45, 2.75) is 63.4 Å². The average Bonchev–Trinajstić information content (AvgIpc) is 2.82. The summed E-state index contributed by atoms with van der Waals surface area (Å²) in [6.45, 7) is 10.4. The third kappa shape index (κ3) is 3.84. The van der Waals surface area contributed by atoms with Crippen LogP contribution in [0.15, 0.2) is 21.9 Å². The Labute approximate surface area is 147 Å². The van der Waals surface area contributed by atoms with Gasteiger partial charge in [-0.05, 0) is 18.1 Å². The minimum absolute atomic E-state index is 0.0639. The van der Waals surface area contributed by atoms with Gasteiger partial charge in [-0.2, -0.15) is 0 Å². The molecule has 2 rings (SSSR count). The number of H-pyrrole nitrogens is 1. The van der Waals surface area contributed by atoms with E-state index in [1.807, 2.05) is 0 Å². The Morgan fingerprint density at radius 2 is 1.92 bits per heavy atom. The predicted molar refractivity (Wildman–Crippen MR) is 94.2 cm³/mol. The summed E-state index contributed by atoms with van der Waals surface area (Å²) in [6, 6.07) is 1.22. The number of hydrogen-bond acceptors (Lipinski definition) is 6. The monoisotopic (exact) mass is 370 g/mol. The van der Waals surface area contributed by atoms with Gasteiger partial charge >= 0.3 is 5.69 Å². The highest BCUT2D eigenvalue weighted by atomic mass is 28.4. The van der Waals surface area contributed by atoms with E-state index in [2.05, 4.69) is 38.8 Å². The Morgan fingerprint density at radius 1 is 1.28 bits per heavy atom. The number of aromatic nitrogens is 2. The van der Waals surface area contributed by atoms with Crippen molar-refractivity contribution in [3.8, 4) is 0 Å². The van der Waals surface area contributed by atoms with Gasteiger partial charge in [-0.25, -0.2) is 4.79 Å². The van der Waals surface area contributed by atoms with Gasteiger partial charge < -0.3 is 18.7 Å². The smallest absolute Gasteiger partial charge is 0.330 e. The Hall–Kier alpha value is -1.55. The van der Waals surface area contributed by atoms with Crippen molar-refractivity contribution in [1.82, 2.24) is 9.55 Å². The number of rotatable bonds is 5. The van der Waals surface area contributed by atoms with Crippen LogP contribution in [0.25, 0.3) is 0 Å². The van der Waals surface area contributed by atoms with Crippen LogP contribution in [0.1, 0.15) is 27.0 Å². The van der Waals surface area contributed by atoms with Crippen LogP contribution < -0.4 is 11.2 Å². The highest BCUT2D eigenvalue weighted by Crippen LogP contribution is 2.41. The Balaban J connectivity index is 2.39. The summed E-state index contributed by atoms with van der Waals surface area (Å²) in [6.07, 6.45) is -1.02. The van der Waals surface area contributed by atoms with Crippen molar-refractivity contribution in [1.29, 1.82) is 0 Å². The molecular formula is C16H26N2O6Si. The van der Waals surface area contributed by atoms with Crippen molar-refractivity contribution < 1.29 is 18.7 Å². The van der Waals surface area contributed by atoms with Crippen molar-refractivity contribution in [2.75, 3.05) is 7.11 Å². The molecule has 1 aromatic rings. The zero-order chi connectivity index (χ0) is 19.0. The van der Waals surface area contributed by atoms with Gasteiger partial charge in [-0.3, -0.25) is 14.3 Å². The lowest BCUT2D eigenvalue weighted by atomic mass is 10.1. The summed E-state index contributed by atoms with van der Waals surface area (Å²) in [5.41, 5.74) is -1.13. The zero-order valence-electron chi connectivity index (χ0n) is 15.4. The van der Waals surface area contributed by atoms with Crippen LogP contribution in [0.5, 0.6) is 0 Å². The number of methoxy groups -OCH3 is 1. The van der Waals surface area contributed by atoms with Gasteiger partial charge in [0.15, 0.2) is 20.8 Å². The van der Waals surface area contributed by atoms with E-state index in [1.165, 1.54) is 23.9 Å². The van der Waals surface area contributed by atoms with E-state index in [0.717, 1.165) is 0 Å². The maximum Gasteiger partial charge on any atom is 0.330 e. The third-order valence-electron chi connectivity index (χ3n) is 4.99. The first-order valence-corrected chi connectivity index (χ1v) is 11.1. The Bertz CT molecular complexity index is 735. The molecule has 140 valence electrons. The molecule has 25 heavy (non-hydrogen) atoms. The van der Waals surface area contributed by atoms with Gasteiger partial charge in [0.2, 0.25) is 0 Å². The molecule has 1 aromatic heterocycles. The number of hydrogen-bond donors (Lipinski definition) is 1. The van der Waals surface area contributed by atoms with Crippen molar-refractivity contribution in [3.63, 3.8) is 0 Å². The van der Waals surface area contributed by atoms with Gasteiger partial charge in [0.05, 0.1) is 0 Å². The minimum atomic E-state index is -2.20. The molecule has 4 atom stereocenters. The van der Waals surface area contributed by atoms with Crippen molar-refractivity contribution in [3.05, 3.63) is 33.1 Å². The van der Waals surface area contributed by atoms with Gasteiger partial charge in [-0.15, -0.1) is 0 Å². The zero-order valence-corrected chi connectivity index (χ0v) is 16.4. The summed E-state index contributed by atoms with van der Waals surface area (Å²) in [7, 11) is -0.724. The summed E-state index contributed by atoms with van der Waals surface area (Å²) in [4.78, 5) is 37.1. The molecule has 0 aromatic carbocycles. The molecule has 0 spiro atoms. The molecule has 0 aliphatic carbocycles. The van der Waals surface area contributed by atoms with E-state index in [4.69, 9.17) is 13.9 Å². The summed E-state index contributed by atoms with van der Waals surface area (Å²) >= 11 is 0. The second-order valence-electron chi connectivity index (χ2n) is 7.69. The fourth-order valence-corrected chi connectivity index (χ4v) is 3.83. The second-order valence-corrected chi connectivity index (χ2v) is 12.4.